The Kier molecular flexibility index (Phi) is 5.55. The summed E-state index contributed by atoms with van der Waals surface area (Å²) in [6, 6.07) is 6.04. The van der Waals surface area contributed by atoms with E-state index >= 15 is 0 Å². The van der Waals surface area contributed by atoms with Crippen LogP contribution >= 0.6 is 0 Å². The van der Waals surface area contributed by atoms with Crippen LogP contribution in [0, 0.1) is 0 Å². The number of sulfonamides is 1. The van der Waals surface area contributed by atoms with Crippen LogP contribution in [0.4, 0.5) is 0 Å². The number of rotatable bonds is 6. The molecule has 0 spiro atoms. The van der Waals surface area contributed by atoms with Crippen LogP contribution in [0.25, 0.3) is 0 Å². The Morgan fingerprint density at radius 2 is 1.77 bits per heavy atom. The second kappa shape index (κ2) is 7.21. The first-order valence-corrected chi connectivity index (χ1v) is 8.99. The van der Waals surface area contributed by atoms with E-state index in [-0.39, 0.29) is 10.8 Å². The minimum atomic E-state index is -3.45. The third-order valence-corrected chi connectivity index (χ3v) is 5.80. The van der Waals surface area contributed by atoms with Gasteiger partial charge < -0.3 is 10.2 Å². The monoisotopic (exact) mass is 326 g/mol. The van der Waals surface area contributed by atoms with Gasteiger partial charge in [0.1, 0.15) is 0 Å². The summed E-state index contributed by atoms with van der Waals surface area (Å²) in [4.78, 5) is 13.8. The lowest BCUT2D eigenvalue weighted by molar-refractivity contribution is -0.886. The summed E-state index contributed by atoms with van der Waals surface area (Å²) in [6.07, 6.45) is 2.54. The van der Waals surface area contributed by atoms with Gasteiger partial charge in [-0.2, -0.15) is 0 Å². The summed E-state index contributed by atoms with van der Waals surface area (Å²) in [5, 5.41) is 2.89. The summed E-state index contributed by atoms with van der Waals surface area (Å²) >= 11 is 0. The standard InChI is InChI=1S/C15H23N3O3S/c1-17(2)22(20,21)14-7-5-13(6-8-14)15(19)16-9-12-18-10-3-4-11-18/h5-8H,3-4,9-12H2,1-2H3,(H,16,19)/p+1. The van der Waals surface area contributed by atoms with E-state index in [0.29, 0.717) is 12.1 Å². The van der Waals surface area contributed by atoms with Crippen LogP contribution in [0.1, 0.15) is 23.2 Å². The van der Waals surface area contributed by atoms with Crippen molar-refractivity contribution in [3.05, 3.63) is 29.8 Å². The molecular weight excluding hydrogens is 302 g/mol. The molecule has 0 saturated carbocycles. The van der Waals surface area contributed by atoms with Crippen molar-refractivity contribution >= 4 is 15.9 Å². The number of amides is 1. The Morgan fingerprint density at radius 3 is 2.32 bits per heavy atom. The Hall–Kier alpha value is -1.44. The van der Waals surface area contributed by atoms with E-state index in [1.54, 1.807) is 12.1 Å². The molecule has 7 heteroatoms. The minimum Gasteiger partial charge on any atom is -0.346 e. The highest BCUT2D eigenvalue weighted by Gasteiger charge is 2.18. The Bertz CT molecular complexity index is 605. The molecule has 1 fully saturated rings. The molecule has 2 rings (SSSR count). The van der Waals surface area contributed by atoms with Gasteiger partial charge in [-0.15, -0.1) is 0 Å². The number of hydrogen-bond acceptors (Lipinski definition) is 3. The fourth-order valence-electron chi connectivity index (χ4n) is 2.57. The molecule has 1 aromatic carbocycles. The number of benzene rings is 1. The van der Waals surface area contributed by atoms with Crippen molar-refractivity contribution in [3.8, 4) is 0 Å². The van der Waals surface area contributed by atoms with Gasteiger partial charge in [-0.05, 0) is 24.3 Å². The summed E-state index contributed by atoms with van der Waals surface area (Å²) in [5.74, 6) is -0.160. The SMILES string of the molecule is CN(C)S(=O)(=O)c1ccc(C(=O)NCC[NH+]2CCCC2)cc1. The van der Waals surface area contributed by atoms with Crippen molar-refractivity contribution in [1.29, 1.82) is 0 Å². The lowest BCUT2D eigenvalue weighted by Gasteiger charge is -2.13. The zero-order valence-electron chi connectivity index (χ0n) is 13.1. The fourth-order valence-corrected chi connectivity index (χ4v) is 3.47. The van der Waals surface area contributed by atoms with Crippen molar-refractivity contribution in [2.75, 3.05) is 40.3 Å². The van der Waals surface area contributed by atoms with Crippen LogP contribution in [0.3, 0.4) is 0 Å². The van der Waals surface area contributed by atoms with Crippen LogP contribution in [-0.4, -0.2) is 58.9 Å². The normalized spacial score (nSPS) is 16.1. The van der Waals surface area contributed by atoms with E-state index in [4.69, 9.17) is 0 Å². The van der Waals surface area contributed by atoms with E-state index in [1.807, 2.05) is 0 Å². The van der Waals surface area contributed by atoms with Gasteiger partial charge in [-0.1, -0.05) is 0 Å². The van der Waals surface area contributed by atoms with E-state index in [1.165, 1.54) is 57.1 Å². The van der Waals surface area contributed by atoms with Crippen molar-refractivity contribution in [3.63, 3.8) is 0 Å². The summed E-state index contributed by atoms with van der Waals surface area (Å²) in [6.45, 7) is 3.96. The molecule has 0 radical (unpaired) electrons. The number of carbonyl (C=O) groups is 1. The highest BCUT2D eigenvalue weighted by atomic mass is 32.2. The highest BCUT2D eigenvalue weighted by molar-refractivity contribution is 7.89. The zero-order valence-corrected chi connectivity index (χ0v) is 13.9. The minimum absolute atomic E-state index is 0.160. The number of quaternary nitrogens is 1. The van der Waals surface area contributed by atoms with Crippen LogP contribution < -0.4 is 10.2 Å². The molecule has 0 bridgehead atoms. The summed E-state index contributed by atoms with van der Waals surface area (Å²) in [5.41, 5.74) is 0.481. The van der Waals surface area contributed by atoms with Crippen molar-refractivity contribution < 1.29 is 18.1 Å². The molecule has 6 nitrogen and oxygen atoms in total. The Balaban J connectivity index is 1.90. The van der Waals surface area contributed by atoms with E-state index in [0.717, 1.165) is 10.8 Å². The summed E-state index contributed by atoms with van der Waals surface area (Å²) in [7, 11) is -0.484. The molecule has 1 aliphatic heterocycles. The topological polar surface area (TPSA) is 70.9 Å². The van der Waals surface area contributed by atoms with Gasteiger partial charge in [0.25, 0.3) is 5.91 Å². The number of hydrogen-bond donors (Lipinski definition) is 2. The van der Waals surface area contributed by atoms with Crippen molar-refractivity contribution in [1.82, 2.24) is 9.62 Å². The first-order chi connectivity index (χ1) is 10.4. The predicted octanol–water partition coefficient (Wildman–Crippen LogP) is -0.655. The van der Waals surface area contributed by atoms with Crippen molar-refractivity contribution in [2.45, 2.75) is 17.7 Å². The second-order valence-corrected chi connectivity index (χ2v) is 7.93. The van der Waals surface area contributed by atoms with Crippen LogP contribution in [0.2, 0.25) is 0 Å². The first kappa shape index (κ1) is 16.9. The van der Waals surface area contributed by atoms with Gasteiger partial charge in [-0.3, -0.25) is 4.79 Å². The van der Waals surface area contributed by atoms with E-state index in [2.05, 4.69) is 5.32 Å². The zero-order chi connectivity index (χ0) is 16.2. The summed E-state index contributed by atoms with van der Waals surface area (Å²) < 4.78 is 25.1. The number of carbonyl (C=O) groups excluding carboxylic acids is 1. The van der Waals surface area contributed by atoms with Gasteiger partial charge in [-0.25, -0.2) is 12.7 Å². The molecule has 0 unspecified atom stereocenters. The fraction of sp³-hybridized carbons (Fsp3) is 0.533. The third-order valence-electron chi connectivity index (χ3n) is 3.97. The Labute approximate surface area is 132 Å². The average Bonchev–Trinajstić information content (AvgIpc) is 3.00. The molecule has 0 aromatic heterocycles. The lowest BCUT2D eigenvalue weighted by atomic mass is 10.2. The molecule has 0 aliphatic carbocycles. The number of nitrogens with one attached hydrogen (secondary N) is 2. The largest absolute Gasteiger partial charge is 0.346 e. The highest BCUT2D eigenvalue weighted by Crippen LogP contribution is 2.13. The molecular formula is C15H24N3O3S+. The molecule has 1 saturated heterocycles. The van der Waals surface area contributed by atoms with Gasteiger partial charge >= 0.3 is 0 Å². The smallest absolute Gasteiger partial charge is 0.251 e. The molecule has 122 valence electrons. The molecule has 1 aliphatic rings. The van der Waals surface area contributed by atoms with Gasteiger partial charge in [0.2, 0.25) is 10.0 Å². The Morgan fingerprint density at radius 1 is 1.18 bits per heavy atom. The molecule has 1 amide bonds. The quantitative estimate of drug-likeness (QED) is 0.729. The number of nitrogens with zero attached hydrogens (tertiary/aromatic N) is 1. The van der Waals surface area contributed by atoms with Crippen LogP contribution in [-0.2, 0) is 10.0 Å². The molecule has 2 N–H and O–H groups in total. The van der Waals surface area contributed by atoms with E-state index in [9.17, 15) is 13.2 Å². The van der Waals surface area contributed by atoms with Gasteiger partial charge in [0.15, 0.2) is 0 Å². The lowest BCUT2D eigenvalue weighted by Crippen LogP contribution is -3.10. The molecule has 1 aromatic rings. The molecule has 0 atom stereocenters. The van der Waals surface area contributed by atoms with Crippen molar-refractivity contribution in [2.24, 2.45) is 0 Å². The van der Waals surface area contributed by atoms with Gasteiger partial charge in [0.05, 0.1) is 31.1 Å². The second-order valence-electron chi connectivity index (χ2n) is 5.77. The predicted molar refractivity (Wildman–Crippen MR) is 84.4 cm³/mol. The number of likely N-dealkylation sites (tertiary alicyclic amines) is 1. The maximum Gasteiger partial charge on any atom is 0.251 e. The maximum atomic E-state index is 12.0. The van der Waals surface area contributed by atoms with E-state index < -0.39 is 10.0 Å². The molecule has 22 heavy (non-hydrogen) atoms. The first-order valence-electron chi connectivity index (χ1n) is 7.55. The molecule has 1 heterocycles. The van der Waals surface area contributed by atoms with Gasteiger partial charge in [0, 0.05) is 32.5 Å². The average molecular weight is 326 g/mol. The third kappa shape index (κ3) is 4.06. The van der Waals surface area contributed by atoms with Crippen LogP contribution in [0.15, 0.2) is 29.2 Å². The van der Waals surface area contributed by atoms with Crippen LogP contribution in [0.5, 0.6) is 0 Å². The maximum absolute atomic E-state index is 12.0.